The van der Waals surface area contributed by atoms with Crippen molar-refractivity contribution in [3.05, 3.63) is 71.8 Å². The van der Waals surface area contributed by atoms with Crippen LogP contribution in [-0.4, -0.2) is 68.3 Å². The van der Waals surface area contributed by atoms with Crippen molar-refractivity contribution < 1.29 is 29.0 Å². The van der Waals surface area contributed by atoms with E-state index in [4.69, 9.17) is 31.6 Å². The van der Waals surface area contributed by atoms with Gasteiger partial charge in [0.2, 0.25) is 11.8 Å². The minimum Gasteiger partial charge on any atom is -0.382 e. The molecule has 3 unspecified atom stereocenters. The highest BCUT2D eigenvalue weighted by molar-refractivity contribution is 7.80. The summed E-state index contributed by atoms with van der Waals surface area (Å²) in [4.78, 5) is 26.3. The number of amides is 2. The summed E-state index contributed by atoms with van der Waals surface area (Å²) in [6.07, 6.45) is 0.946. The summed E-state index contributed by atoms with van der Waals surface area (Å²) in [5.74, 6) is -1.86. The first-order valence-corrected chi connectivity index (χ1v) is 13.1. The van der Waals surface area contributed by atoms with Crippen molar-refractivity contribution in [2.75, 3.05) is 40.3 Å². The number of hydrogen-bond acceptors (Lipinski definition) is 7. The largest absolute Gasteiger partial charge is 0.382 e. The lowest BCUT2D eigenvalue weighted by Gasteiger charge is -2.28. The van der Waals surface area contributed by atoms with Crippen molar-refractivity contribution in [1.29, 1.82) is 0 Å². The van der Waals surface area contributed by atoms with Gasteiger partial charge in [0.1, 0.15) is 6.79 Å². The smallest absolute Gasteiger partial charge is 0.244 e. The van der Waals surface area contributed by atoms with Gasteiger partial charge in [-0.05, 0) is 29.9 Å². The molecule has 0 aliphatic heterocycles. The highest BCUT2D eigenvalue weighted by Gasteiger charge is 2.32. The Kier molecular flexibility index (Phi) is 15.1. The van der Waals surface area contributed by atoms with Crippen LogP contribution in [-0.2, 0) is 30.2 Å². The minimum absolute atomic E-state index is 0.147. The fourth-order valence-corrected chi connectivity index (χ4v) is 4.39. The number of rotatable bonds is 18. The van der Waals surface area contributed by atoms with Crippen LogP contribution in [0.5, 0.6) is 0 Å². The molecule has 208 valence electrons. The Morgan fingerprint density at radius 2 is 1.63 bits per heavy atom. The molecule has 0 saturated carbocycles. The van der Waals surface area contributed by atoms with Gasteiger partial charge >= 0.3 is 0 Å². The average molecular weight is 546 g/mol. The standard InChI is InChI=1S/C28H39N3O6S/c1-3-23(22-12-8-5-9-13-22)24(19-26(32)31-34)27(33)30-25(18-21-10-6-4-7-11-21)28(38)29-14-15-36-20-37-17-16-35-2/h4-13,23-25,34H,3,14-20H2,1-2H3,(H,29,38)(H,30,33)(H,31,32). The third-order valence-corrected chi connectivity index (χ3v) is 6.51. The number of hydrogen-bond donors (Lipinski definition) is 4. The summed E-state index contributed by atoms with van der Waals surface area (Å²) in [5, 5.41) is 15.4. The van der Waals surface area contributed by atoms with Crippen LogP contribution in [0.25, 0.3) is 0 Å². The van der Waals surface area contributed by atoms with Gasteiger partial charge in [-0.25, -0.2) is 5.48 Å². The van der Waals surface area contributed by atoms with E-state index in [1.165, 1.54) is 0 Å². The fraction of sp³-hybridized carbons (Fsp3) is 0.464. The van der Waals surface area contributed by atoms with E-state index in [-0.39, 0.29) is 25.0 Å². The molecule has 2 aromatic carbocycles. The molecule has 10 heteroatoms. The molecular formula is C28H39N3O6S. The molecule has 0 bridgehead atoms. The molecule has 2 aromatic rings. The minimum atomic E-state index is -0.705. The molecule has 3 atom stereocenters. The van der Waals surface area contributed by atoms with Crippen molar-refractivity contribution in [2.24, 2.45) is 5.92 Å². The second kappa shape index (κ2) is 18.4. The van der Waals surface area contributed by atoms with E-state index in [9.17, 15) is 9.59 Å². The molecule has 9 nitrogen and oxygen atoms in total. The second-order valence-corrected chi connectivity index (χ2v) is 9.18. The third kappa shape index (κ3) is 11.2. The maximum Gasteiger partial charge on any atom is 0.244 e. The molecule has 38 heavy (non-hydrogen) atoms. The Labute approximate surface area is 230 Å². The van der Waals surface area contributed by atoms with Crippen molar-refractivity contribution in [2.45, 2.75) is 38.1 Å². The lowest BCUT2D eigenvalue weighted by atomic mass is 9.81. The molecule has 0 aliphatic rings. The van der Waals surface area contributed by atoms with Crippen LogP contribution >= 0.6 is 12.2 Å². The zero-order valence-corrected chi connectivity index (χ0v) is 22.9. The van der Waals surface area contributed by atoms with Gasteiger partial charge in [-0.1, -0.05) is 79.8 Å². The number of thiocarbonyl (C=S) groups is 1. The first-order valence-electron chi connectivity index (χ1n) is 12.7. The van der Waals surface area contributed by atoms with E-state index in [0.717, 1.165) is 11.1 Å². The Morgan fingerprint density at radius 1 is 0.974 bits per heavy atom. The van der Waals surface area contributed by atoms with E-state index in [1.807, 2.05) is 67.6 Å². The van der Waals surface area contributed by atoms with E-state index >= 15 is 0 Å². The van der Waals surface area contributed by atoms with Gasteiger partial charge in [0, 0.05) is 20.1 Å². The van der Waals surface area contributed by atoms with Crippen LogP contribution in [0.3, 0.4) is 0 Å². The topological polar surface area (TPSA) is 118 Å². The molecule has 0 fully saturated rings. The molecule has 0 spiro atoms. The molecule has 0 aliphatic carbocycles. The number of carbonyl (C=O) groups is 2. The monoisotopic (exact) mass is 545 g/mol. The van der Waals surface area contributed by atoms with Crippen molar-refractivity contribution in [1.82, 2.24) is 16.1 Å². The summed E-state index contributed by atoms with van der Waals surface area (Å²) in [5.41, 5.74) is 3.62. The number of hydroxylamine groups is 1. The average Bonchev–Trinajstić information content (AvgIpc) is 2.94. The van der Waals surface area contributed by atoms with Crippen molar-refractivity contribution in [3.8, 4) is 0 Å². The van der Waals surface area contributed by atoms with Gasteiger partial charge in [0.15, 0.2) is 0 Å². The molecule has 0 saturated heterocycles. The van der Waals surface area contributed by atoms with Crippen LogP contribution in [0.4, 0.5) is 0 Å². The van der Waals surface area contributed by atoms with Gasteiger partial charge in [0.05, 0.1) is 36.8 Å². The van der Waals surface area contributed by atoms with Gasteiger partial charge in [0.25, 0.3) is 0 Å². The van der Waals surface area contributed by atoms with Gasteiger partial charge < -0.3 is 24.8 Å². The van der Waals surface area contributed by atoms with Crippen LogP contribution in [0, 0.1) is 5.92 Å². The van der Waals surface area contributed by atoms with Crippen LogP contribution in [0.2, 0.25) is 0 Å². The van der Waals surface area contributed by atoms with Crippen LogP contribution in [0.1, 0.15) is 36.8 Å². The first-order chi connectivity index (χ1) is 18.5. The molecular weight excluding hydrogens is 506 g/mol. The van der Waals surface area contributed by atoms with Gasteiger partial charge in [-0.3, -0.25) is 14.8 Å². The predicted molar refractivity (Wildman–Crippen MR) is 149 cm³/mol. The van der Waals surface area contributed by atoms with Crippen LogP contribution in [0.15, 0.2) is 60.7 Å². The number of carbonyl (C=O) groups excluding carboxylic acids is 2. The zero-order chi connectivity index (χ0) is 27.6. The highest BCUT2D eigenvalue weighted by Crippen LogP contribution is 2.31. The molecule has 2 rings (SSSR count). The molecule has 0 aromatic heterocycles. The Morgan fingerprint density at radius 3 is 2.26 bits per heavy atom. The van der Waals surface area contributed by atoms with E-state index in [1.54, 1.807) is 12.6 Å². The van der Waals surface area contributed by atoms with Gasteiger partial charge in [-0.2, -0.15) is 0 Å². The van der Waals surface area contributed by atoms with Crippen molar-refractivity contribution >= 4 is 29.0 Å². The van der Waals surface area contributed by atoms with E-state index < -0.39 is 17.9 Å². The number of ether oxygens (including phenoxy) is 3. The molecule has 0 radical (unpaired) electrons. The lowest BCUT2D eigenvalue weighted by Crippen LogP contribution is -2.50. The summed E-state index contributed by atoms with van der Waals surface area (Å²) in [7, 11) is 1.60. The van der Waals surface area contributed by atoms with Crippen LogP contribution < -0.4 is 16.1 Å². The zero-order valence-electron chi connectivity index (χ0n) is 22.1. The lowest BCUT2D eigenvalue weighted by molar-refractivity contribution is -0.135. The maximum atomic E-state index is 13.7. The predicted octanol–water partition coefficient (Wildman–Crippen LogP) is 2.97. The number of methoxy groups -OCH3 is 1. The molecule has 4 N–H and O–H groups in total. The third-order valence-electron chi connectivity index (χ3n) is 6.08. The summed E-state index contributed by atoms with van der Waals surface area (Å²) in [6.45, 7) is 3.87. The Balaban J connectivity index is 2.11. The maximum absolute atomic E-state index is 13.7. The Bertz CT molecular complexity index is 964. The van der Waals surface area contributed by atoms with Gasteiger partial charge in [-0.15, -0.1) is 0 Å². The van der Waals surface area contributed by atoms with E-state index in [2.05, 4.69) is 10.6 Å². The summed E-state index contributed by atoms with van der Waals surface area (Å²) < 4.78 is 15.6. The Hall–Kier alpha value is -2.89. The molecule has 0 heterocycles. The fourth-order valence-electron chi connectivity index (χ4n) is 4.14. The quantitative estimate of drug-likeness (QED) is 0.0743. The first kappa shape index (κ1) is 31.3. The van der Waals surface area contributed by atoms with Crippen molar-refractivity contribution in [3.63, 3.8) is 0 Å². The normalized spacial score (nSPS) is 13.2. The summed E-state index contributed by atoms with van der Waals surface area (Å²) in [6, 6.07) is 18.8. The highest BCUT2D eigenvalue weighted by atomic mass is 32.1. The number of nitrogens with one attached hydrogen (secondary N) is 3. The second-order valence-electron chi connectivity index (χ2n) is 8.74. The summed E-state index contributed by atoms with van der Waals surface area (Å²) >= 11 is 5.66. The SMILES string of the molecule is CCC(c1ccccc1)C(CC(=O)NO)C(=O)NC(Cc1ccccc1)C(=S)NCCOCOCCOC. The van der Waals surface area contributed by atoms with E-state index in [0.29, 0.717) is 44.2 Å². The molecule has 2 amide bonds. The number of benzene rings is 2.